The first kappa shape index (κ1) is 13.5. The van der Waals surface area contributed by atoms with E-state index >= 15 is 0 Å². The molecule has 2 fully saturated rings. The monoisotopic (exact) mass is 275 g/mol. The molecular weight excluding hydrogens is 254 g/mol. The predicted molar refractivity (Wildman–Crippen MR) is 75.1 cm³/mol. The maximum atomic E-state index is 12.0. The lowest BCUT2D eigenvalue weighted by atomic mass is 10.0. The Balaban J connectivity index is 1.68. The summed E-state index contributed by atoms with van der Waals surface area (Å²) >= 11 is 0. The summed E-state index contributed by atoms with van der Waals surface area (Å²) in [5, 5.41) is 0. The Hall–Kier alpha value is -1.46. The van der Waals surface area contributed by atoms with Crippen LogP contribution in [0.1, 0.15) is 11.3 Å². The third-order valence-corrected chi connectivity index (χ3v) is 4.52. The van der Waals surface area contributed by atoms with Gasteiger partial charge in [-0.15, -0.1) is 0 Å². The minimum absolute atomic E-state index is 0.124. The molecule has 0 aliphatic carbocycles. The summed E-state index contributed by atoms with van der Waals surface area (Å²) in [4.78, 5) is 20.6. The highest BCUT2D eigenvalue weighted by atomic mass is 16.5. The van der Waals surface area contributed by atoms with Gasteiger partial charge in [0.15, 0.2) is 0 Å². The molecule has 0 radical (unpaired) electrons. The van der Waals surface area contributed by atoms with Crippen molar-refractivity contribution in [3.63, 3.8) is 0 Å². The number of likely N-dealkylation sites (tertiary alicyclic amines) is 2. The van der Waals surface area contributed by atoms with Gasteiger partial charge >= 0.3 is 0 Å². The zero-order valence-corrected chi connectivity index (χ0v) is 12.2. The van der Waals surface area contributed by atoms with Gasteiger partial charge in [-0.25, -0.2) is 0 Å². The average Bonchev–Trinajstić information content (AvgIpc) is 2.93. The number of fused-ring (bicyclic) bond motifs is 1. The van der Waals surface area contributed by atoms with Crippen LogP contribution >= 0.6 is 0 Å². The molecule has 3 heterocycles. The fourth-order valence-corrected chi connectivity index (χ4v) is 3.40. The van der Waals surface area contributed by atoms with Crippen molar-refractivity contribution >= 4 is 5.91 Å². The van der Waals surface area contributed by atoms with Gasteiger partial charge in [0.2, 0.25) is 0 Å². The summed E-state index contributed by atoms with van der Waals surface area (Å²) in [6.45, 7) is 4.71. The second-order valence-corrected chi connectivity index (χ2v) is 5.84. The first-order chi connectivity index (χ1) is 9.60. The SMILES string of the molecule is CO[C@@H]1C(=O)N(C)[C@@H]2CN(Cc3ccc(C)nc3)C[C@H]12. The lowest BCUT2D eigenvalue weighted by molar-refractivity contribution is -0.136. The molecule has 1 amide bonds. The summed E-state index contributed by atoms with van der Waals surface area (Å²) in [5.41, 5.74) is 2.26. The molecule has 5 heteroatoms. The van der Waals surface area contributed by atoms with E-state index in [0.717, 1.165) is 25.3 Å². The third-order valence-electron chi connectivity index (χ3n) is 4.52. The number of ether oxygens (including phenoxy) is 1. The van der Waals surface area contributed by atoms with E-state index in [4.69, 9.17) is 4.74 Å². The zero-order chi connectivity index (χ0) is 14.3. The van der Waals surface area contributed by atoms with E-state index in [2.05, 4.69) is 16.0 Å². The maximum absolute atomic E-state index is 12.0. The van der Waals surface area contributed by atoms with Crippen molar-refractivity contribution in [3.8, 4) is 0 Å². The molecule has 0 saturated carbocycles. The number of nitrogens with zero attached hydrogens (tertiary/aromatic N) is 3. The van der Waals surface area contributed by atoms with Gasteiger partial charge in [-0.05, 0) is 18.6 Å². The molecule has 5 nitrogen and oxygen atoms in total. The summed E-state index contributed by atoms with van der Waals surface area (Å²) in [5.74, 6) is 0.412. The smallest absolute Gasteiger partial charge is 0.252 e. The average molecular weight is 275 g/mol. The van der Waals surface area contributed by atoms with Crippen LogP contribution in [0.3, 0.4) is 0 Å². The van der Waals surface area contributed by atoms with Crippen LogP contribution in [-0.2, 0) is 16.1 Å². The van der Waals surface area contributed by atoms with Crippen molar-refractivity contribution in [3.05, 3.63) is 29.6 Å². The molecule has 3 atom stereocenters. The van der Waals surface area contributed by atoms with Crippen LogP contribution in [0, 0.1) is 12.8 Å². The van der Waals surface area contributed by atoms with Gasteiger partial charge in [0, 0.05) is 51.6 Å². The molecule has 0 bridgehead atoms. The Morgan fingerprint density at radius 3 is 2.85 bits per heavy atom. The standard InChI is InChI=1S/C15H21N3O2/c1-10-4-5-11(6-16-10)7-18-8-12-13(9-18)17(2)15(19)14(12)20-3/h4-6,12-14H,7-9H2,1-3H3/t12-,13+,14-/m0/s1. The number of rotatable bonds is 3. The third kappa shape index (κ3) is 2.21. The van der Waals surface area contributed by atoms with Gasteiger partial charge in [-0.2, -0.15) is 0 Å². The number of carbonyl (C=O) groups excluding carboxylic acids is 1. The first-order valence-corrected chi connectivity index (χ1v) is 7.03. The number of aryl methyl sites for hydroxylation is 1. The quantitative estimate of drug-likeness (QED) is 0.814. The molecule has 0 spiro atoms. The van der Waals surface area contributed by atoms with Crippen molar-refractivity contribution in [2.75, 3.05) is 27.2 Å². The van der Waals surface area contributed by atoms with E-state index in [9.17, 15) is 4.79 Å². The number of likely N-dealkylation sites (N-methyl/N-ethyl adjacent to an activating group) is 1. The molecule has 2 aliphatic heterocycles. The summed E-state index contributed by atoms with van der Waals surface area (Å²) in [6, 6.07) is 4.45. The highest BCUT2D eigenvalue weighted by molar-refractivity contribution is 5.84. The number of hydrogen-bond donors (Lipinski definition) is 0. The first-order valence-electron chi connectivity index (χ1n) is 7.03. The second kappa shape index (κ2) is 5.14. The minimum atomic E-state index is -0.272. The van der Waals surface area contributed by atoms with Crippen LogP contribution < -0.4 is 0 Å². The van der Waals surface area contributed by atoms with Crippen LogP contribution in [-0.4, -0.2) is 60.1 Å². The molecule has 108 valence electrons. The molecule has 1 aromatic heterocycles. The number of pyridine rings is 1. The highest BCUT2D eigenvalue weighted by Gasteiger charge is 2.51. The van der Waals surface area contributed by atoms with Gasteiger partial charge in [0.25, 0.3) is 5.91 Å². The molecule has 0 N–H and O–H groups in total. The van der Waals surface area contributed by atoms with Gasteiger partial charge in [-0.1, -0.05) is 6.07 Å². The largest absolute Gasteiger partial charge is 0.371 e. The summed E-state index contributed by atoms with van der Waals surface area (Å²) < 4.78 is 5.39. The van der Waals surface area contributed by atoms with Crippen LogP contribution in [0.2, 0.25) is 0 Å². The van der Waals surface area contributed by atoms with Gasteiger partial charge in [-0.3, -0.25) is 14.7 Å². The Bertz CT molecular complexity index is 502. The number of aromatic nitrogens is 1. The number of methoxy groups -OCH3 is 1. The Morgan fingerprint density at radius 2 is 2.20 bits per heavy atom. The van der Waals surface area contributed by atoms with Gasteiger partial charge in [0.1, 0.15) is 6.10 Å². The fraction of sp³-hybridized carbons (Fsp3) is 0.600. The molecule has 1 aromatic rings. The number of amides is 1. The molecule has 0 unspecified atom stereocenters. The van der Waals surface area contributed by atoms with Crippen LogP contribution in [0.15, 0.2) is 18.3 Å². The lowest BCUT2D eigenvalue weighted by Crippen LogP contribution is -2.36. The summed E-state index contributed by atoms with van der Waals surface area (Å²) in [7, 11) is 3.52. The van der Waals surface area contributed by atoms with Crippen molar-refractivity contribution in [2.45, 2.75) is 25.6 Å². The van der Waals surface area contributed by atoms with Crippen LogP contribution in [0.5, 0.6) is 0 Å². The van der Waals surface area contributed by atoms with Crippen molar-refractivity contribution in [1.82, 2.24) is 14.8 Å². The normalized spacial score (nSPS) is 30.1. The molecule has 2 aliphatic rings. The Kier molecular flexibility index (Phi) is 3.48. The number of carbonyl (C=O) groups is 1. The molecular formula is C15H21N3O2. The molecule has 0 aromatic carbocycles. The highest BCUT2D eigenvalue weighted by Crippen LogP contribution is 2.33. The fourth-order valence-electron chi connectivity index (χ4n) is 3.40. The molecule has 2 saturated heterocycles. The van der Waals surface area contributed by atoms with Gasteiger partial charge in [0.05, 0.1) is 6.04 Å². The summed E-state index contributed by atoms with van der Waals surface area (Å²) in [6.07, 6.45) is 1.66. The lowest BCUT2D eigenvalue weighted by Gasteiger charge is -2.21. The van der Waals surface area contributed by atoms with E-state index in [1.165, 1.54) is 5.56 Å². The second-order valence-electron chi connectivity index (χ2n) is 5.84. The van der Waals surface area contributed by atoms with E-state index in [-0.39, 0.29) is 24.0 Å². The van der Waals surface area contributed by atoms with E-state index < -0.39 is 0 Å². The van der Waals surface area contributed by atoms with Gasteiger partial charge < -0.3 is 9.64 Å². The van der Waals surface area contributed by atoms with Crippen molar-refractivity contribution in [2.24, 2.45) is 5.92 Å². The number of hydrogen-bond acceptors (Lipinski definition) is 4. The predicted octanol–water partition coefficient (Wildman–Crippen LogP) is 0.677. The van der Waals surface area contributed by atoms with E-state index in [0.29, 0.717) is 0 Å². The van der Waals surface area contributed by atoms with E-state index in [1.54, 1.807) is 7.11 Å². The topological polar surface area (TPSA) is 45.7 Å². The molecule has 3 rings (SSSR count). The maximum Gasteiger partial charge on any atom is 0.252 e. The zero-order valence-electron chi connectivity index (χ0n) is 12.2. The Labute approximate surface area is 119 Å². The minimum Gasteiger partial charge on any atom is -0.371 e. The van der Waals surface area contributed by atoms with Crippen molar-refractivity contribution < 1.29 is 9.53 Å². The Morgan fingerprint density at radius 1 is 1.40 bits per heavy atom. The molecule has 20 heavy (non-hydrogen) atoms. The van der Waals surface area contributed by atoms with Crippen LogP contribution in [0.4, 0.5) is 0 Å². The van der Waals surface area contributed by atoms with Crippen LogP contribution in [0.25, 0.3) is 0 Å². The van der Waals surface area contributed by atoms with Crippen molar-refractivity contribution in [1.29, 1.82) is 0 Å². The van der Waals surface area contributed by atoms with E-state index in [1.807, 2.05) is 31.1 Å².